The van der Waals surface area contributed by atoms with Crippen LogP contribution in [0.3, 0.4) is 0 Å². The molecular weight excluding hydrogens is 294 g/mol. The topological polar surface area (TPSA) is 38.1 Å². The van der Waals surface area contributed by atoms with Crippen LogP contribution in [0.5, 0.6) is 0 Å². The Kier molecular flexibility index (Phi) is 4.52. The van der Waals surface area contributed by atoms with Crippen LogP contribution in [0.1, 0.15) is 22.3 Å². The smallest absolute Gasteiger partial charge is 0.256 e. The van der Waals surface area contributed by atoms with Crippen LogP contribution in [0.4, 0.5) is 0 Å². The highest BCUT2D eigenvalue weighted by Gasteiger charge is 2.28. The number of rotatable bonds is 4. The molecule has 1 aliphatic heterocycles. The fourth-order valence-electron chi connectivity index (χ4n) is 3.01. The summed E-state index contributed by atoms with van der Waals surface area (Å²) in [7, 11) is 0. The largest absolute Gasteiger partial charge is 0.338 e. The van der Waals surface area contributed by atoms with Crippen molar-refractivity contribution in [3.05, 3.63) is 48.0 Å². The van der Waals surface area contributed by atoms with Crippen molar-refractivity contribution >= 4 is 17.7 Å². The third-order valence-electron chi connectivity index (χ3n) is 4.14. The molecule has 0 aliphatic carbocycles. The Bertz CT molecular complexity index is 654. The van der Waals surface area contributed by atoms with E-state index in [1.807, 2.05) is 52.5 Å². The molecule has 3 rings (SSSR count). The van der Waals surface area contributed by atoms with Crippen LogP contribution in [0.15, 0.2) is 36.9 Å². The van der Waals surface area contributed by atoms with Gasteiger partial charge in [-0.3, -0.25) is 4.79 Å². The molecular formula is C17H21N3OS. The standard InChI is InChI=1S/C17H21N3OS/c1-13-3-4-16(20-8-6-18-12-20)15(9-13)17(21)19-7-5-14(10-19)11-22-2/h3-4,6,8-9,12,14H,5,7,10-11H2,1-2H3/t14-/m1/s1. The average Bonchev–Trinajstić information content (AvgIpc) is 3.18. The van der Waals surface area contributed by atoms with Gasteiger partial charge in [-0.1, -0.05) is 11.6 Å². The molecule has 0 N–H and O–H groups in total. The van der Waals surface area contributed by atoms with Crippen molar-refractivity contribution < 1.29 is 4.79 Å². The molecule has 0 bridgehead atoms. The quantitative estimate of drug-likeness (QED) is 0.870. The molecule has 2 aromatic rings. The first-order chi connectivity index (χ1) is 10.7. The highest BCUT2D eigenvalue weighted by Crippen LogP contribution is 2.24. The molecule has 1 amide bonds. The first-order valence-corrected chi connectivity index (χ1v) is 8.95. The number of imidazole rings is 1. The summed E-state index contributed by atoms with van der Waals surface area (Å²) in [4.78, 5) is 19.0. The van der Waals surface area contributed by atoms with Crippen molar-refractivity contribution in [2.75, 3.05) is 25.1 Å². The maximum atomic E-state index is 13.0. The maximum absolute atomic E-state index is 13.0. The minimum atomic E-state index is 0.135. The highest BCUT2D eigenvalue weighted by molar-refractivity contribution is 7.98. The van der Waals surface area contributed by atoms with Gasteiger partial charge < -0.3 is 9.47 Å². The van der Waals surface area contributed by atoms with E-state index >= 15 is 0 Å². The van der Waals surface area contributed by atoms with E-state index in [1.54, 1.807) is 12.5 Å². The fourth-order valence-corrected chi connectivity index (χ4v) is 3.75. The first kappa shape index (κ1) is 15.2. The molecule has 1 atom stereocenters. The Labute approximate surface area is 135 Å². The second-order valence-electron chi connectivity index (χ2n) is 5.85. The Morgan fingerprint density at radius 1 is 1.45 bits per heavy atom. The number of aryl methyl sites for hydroxylation is 1. The lowest BCUT2D eigenvalue weighted by Gasteiger charge is -2.19. The van der Waals surface area contributed by atoms with E-state index in [1.165, 1.54) is 0 Å². The zero-order chi connectivity index (χ0) is 15.5. The van der Waals surface area contributed by atoms with Gasteiger partial charge in [0.2, 0.25) is 0 Å². The molecule has 1 aromatic carbocycles. The van der Waals surface area contributed by atoms with Gasteiger partial charge in [0.25, 0.3) is 5.91 Å². The lowest BCUT2D eigenvalue weighted by atomic mass is 10.1. The van der Waals surface area contributed by atoms with Gasteiger partial charge in [0.1, 0.15) is 0 Å². The van der Waals surface area contributed by atoms with Crippen molar-refractivity contribution in [1.29, 1.82) is 0 Å². The molecule has 5 heteroatoms. The number of nitrogens with zero attached hydrogens (tertiary/aromatic N) is 3. The summed E-state index contributed by atoms with van der Waals surface area (Å²) in [6.07, 6.45) is 8.59. The van der Waals surface area contributed by atoms with Gasteiger partial charge in [0.15, 0.2) is 0 Å². The van der Waals surface area contributed by atoms with Crippen LogP contribution in [-0.2, 0) is 0 Å². The zero-order valence-electron chi connectivity index (χ0n) is 13.0. The molecule has 1 saturated heterocycles. The van der Waals surface area contributed by atoms with E-state index in [9.17, 15) is 4.79 Å². The molecule has 116 valence electrons. The lowest BCUT2D eigenvalue weighted by molar-refractivity contribution is 0.0788. The van der Waals surface area contributed by atoms with E-state index in [4.69, 9.17) is 0 Å². The molecule has 1 aliphatic rings. The van der Waals surface area contributed by atoms with Crippen molar-refractivity contribution in [1.82, 2.24) is 14.5 Å². The molecule has 0 spiro atoms. The third-order valence-corrected chi connectivity index (χ3v) is 4.95. The normalized spacial score (nSPS) is 17.9. The minimum Gasteiger partial charge on any atom is -0.338 e. The number of hydrogen-bond donors (Lipinski definition) is 0. The molecule has 2 heterocycles. The van der Waals surface area contributed by atoms with Gasteiger partial charge in [-0.25, -0.2) is 4.98 Å². The van der Waals surface area contributed by atoms with E-state index in [0.717, 1.165) is 42.1 Å². The second kappa shape index (κ2) is 6.57. The number of carbonyl (C=O) groups excluding carboxylic acids is 1. The molecule has 0 radical (unpaired) electrons. The number of thioether (sulfide) groups is 1. The number of likely N-dealkylation sites (tertiary alicyclic amines) is 1. The Hall–Kier alpha value is -1.75. The number of amides is 1. The van der Waals surface area contributed by atoms with Crippen molar-refractivity contribution in [3.63, 3.8) is 0 Å². The fraction of sp³-hybridized carbons (Fsp3) is 0.412. The number of benzene rings is 1. The summed E-state index contributed by atoms with van der Waals surface area (Å²) in [5, 5.41) is 0. The van der Waals surface area contributed by atoms with Gasteiger partial charge >= 0.3 is 0 Å². The Morgan fingerprint density at radius 2 is 2.32 bits per heavy atom. The molecule has 0 unspecified atom stereocenters. The molecule has 22 heavy (non-hydrogen) atoms. The first-order valence-electron chi connectivity index (χ1n) is 7.56. The van der Waals surface area contributed by atoms with Crippen molar-refractivity contribution in [2.45, 2.75) is 13.3 Å². The highest BCUT2D eigenvalue weighted by atomic mass is 32.2. The van der Waals surface area contributed by atoms with Gasteiger partial charge in [0, 0.05) is 25.5 Å². The third kappa shape index (κ3) is 3.04. The summed E-state index contributed by atoms with van der Waals surface area (Å²) < 4.78 is 1.90. The monoisotopic (exact) mass is 315 g/mol. The summed E-state index contributed by atoms with van der Waals surface area (Å²) in [5.41, 5.74) is 2.77. The van der Waals surface area contributed by atoms with Crippen LogP contribution in [0, 0.1) is 12.8 Å². The predicted molar refractivity (Wildman–Crippen MR) is 90.7 cm³/mol. The molecule has 1 aromatic heterocycles. The van der Waals surface area contributed by atoms with Crippen LogP contribution >= 0.6 is 11.8 Å². The molecule has 0 saturated carbocycles. The Morgan fingerprint density at radius 3 is 3.05 bits per heavy atom. The molecule has 1 fully saturated rings. The van der Waals surface area contributed by atoms with Crippen molar-refractivity contribution in [3.8, 4) is 5.69 Å². The summed E-state index contributed by atoms with van der Waals surface area (Å²) in [5.74, 6) is 1.89. The number of hydrogen-bond acceptors (Lipinski definition) is 3. The molecule has 4 nitrogen and oxygen atoms in total. The van der Waals surface area contributed by atoms with Crippen LogP contribution in [0.2, 0.25) is 0 Å². The summed E-state index contributed by atoms with van der Waals surface area (Å²) >= 11 is 1.86. The van der Waals surface area contributed by atoms with E-state index in [-0.39, 0.29) is 5.91 Å². The van der Waals surface area contributed by atoms with Gasteiger partial charge in [0.05, 0.1) is 17.6 Å². The maximum Gasteiger partial charge on any atom is 0.256 e. The second-order valence-corrected chi connectivity index (χ2v) is 6.76. The summed E-state index contributed by atoms with van der Waals surface area (Å²) in [6, 6.07) is 6.02. The van der Waals surface area contributed by atoms with E-state index in [2.05, 4.69) is 11.2 Å². The summed E-state index contributed by atoms with van der Waals surface area (Å²) in [6.45, 7) is 3.76. The van der Waals surface area contributed by atoms with Crippen LogP contribution in [-0.4, -0.2) is 45.5 Å². The average molecular weight is 315 g/mol. The van der Waals surface area contributed by atoms with E-state index < -0.39 is 0 Å². The van der Waals surface area contributed by atoms with Crippen LogP contribution < -0.4 is 0 Å². The Balaban J connectivity index is 1.88. The number of aromatic nitrogens is 2. The van der Waals surface area contributed by atoms with E-state index in [0.29, 0.717) is 5.92 Å². The predicted octanol–water partition coefficient (Wildman–Crippen LogP) is 3.01. The lowest BCUT2D eigenvalue weighted by Crippen LogP contribution is -2.30. The van der Waals surface area contributed by atoms with Gasteiger partial charge in [-0.15, -0.1) is 0 Å². The van der Waals surface area contributed by atoms with Crippen LogP contribution in [0.25, 0.3) is 5.69 Å². The van der Waals surface area contributed by atoms with Crippen molar-refractivity contribution in [2.24, 2.45) is 5.92 Å². The minimum absolute atomic E-state index is 0.135. The zero-order valence-corrected chi connectivity index (χ0v) is 13.8. The SMILES string of the molecule is CSC[C@@H]1CCN(C(=O)c2cc(C)ccc2-n2ccnc2)C1. The number of carbonyl (C=O) groups is 1. The van der Waals surface area contributed by atoms with Gasteiger partial charge in [-0.2, -0.15) is 11.8 Å². The van der Waals surface area contributed by atoms with Gasteiger partial charge in [-0.05, 0) is 43.4 Å².